The lowest BCUT2D eigenvalue weighted by atomic mass is 10.0. The van der Waals surface area contributed by atoms with E-state index in [9.17, 15) is 4.79 Å². The van der Waals surface area contributed by atoms with E-state index in [1.165, 1.54) is 0 Å². The molecule has 1 atom stereocenters. The van der Waals surface area contributed by atoms with E-state index in [2.05, 4.69) is 4.98 Å². The molecule has 0 amide bonds. The second-order valence-electron chi connectivity index (χ2n) is 7.40. The van der Waals surface area contributed by atoms with Gasteiger partial charge in [-0.15, -0.1) is 0 Å². The summed E-state index contributed by atoms with van der Waals surface area (Å²) < 4.78 is 12.0. The number of pyridine rings is 1. The molecule has 0 spiro atoms. The second-order valence-corrected chi connectivity index (χ2v) is 7.84. The van der Waals surface area contributed by atoms with Gasteiger partial charge in [-0.2, -0.15) is 0 Å². The van der Waals surface area contributed by atoms with Gasteiger partial charge >= 0.3 is 5.97 Å². The number of carboxylic acid groups (broad SMARTS) is 1. The van der Waals surface area contributed by atoms with Crippen molar-refractivity contribution in [2.75, 3.05) is 6.61 Å². The molecule has 1 aromatic heterocycles. The molecule has 0 bridgehead atoms. The molecule has 0 unspecified atom stereocenters. The SMILES string of the molecule is Cc1cc(OCC[C@H](C)Oc2ccc(Cl)cc2-c2ccccn2)ccc1CCC(=O)O. The highest BCUT2D eigenvalue weighted by molar-refractivity contribution is 6.30. The van der Waals surface area contributed by atoms with E-state index in [1.54, 1.807) is 12.3 Å². The van der Waals surface area contributed by atoms with E-state index in [-0.39, 0.29) is 12.5 Å². The van der Waals surface area contributed by atoms with Crippen molar-refractivity contribution in [3.8, 4) is 22.8 Å². The molecule has 3 aromatic rings. The minimum absolute atomic E-state index is 0.0698. The molecule has 5 nitrogen and oxygen atoms in total. The van der Waals surface area contributed by atoms with E-state index in [0.29, 0.717) is 24.5 Å². The Balaban J connectivity index is 1.56. The van der Waals surface area contributed by atoms with Gasteiger partial charge in [0, 0.05) is 29.6 Å². The molecule has 1 heterocycles. The molecular weight excluding hydrogens is 414 g/mol. The Morgan fingerprint density at radius 1 is 1.16 bits per heavy atom. The third kappa shape index (κ3) is 6.72. The normalized spacial score (nSPS) is 11.7. The van der Waals surface area contributed by atoms with Gasteiger partial charge in [-0.05, 0) is 73.9 Å². The summed E-state index contributed by atoms with van der Waals surface area (Å²) in [5.74, 6) is 0.708. The van der Waals surface area contributed by atoms with E-state index >= 15 is 0 Å². The van der Waals surface area contributed by atoms with Crippen molar-refractivity contribution < 1.29 is 19.4 Å². The zero-order valence-electron chi connectivity index (χ0n) is 17.7. The van der Waals surface area contributed by atoms with Gasteiger partial charge in [0.2, 0.25) is 0 Å². The third-order valence-electron chi connectivity index (χ3n) is 4.93. The van der Waals surface area contributed by atoms with Crippen molar-refractivity contribution in [3.63, 3.8) is 0 Å². The lowest BCUT2D eigenvalue weighted by Gasteiger charge is -2.18. The molecule has 31 heavy (non-hydrogen) atoms. The quantitative estimate of drug-likeness (QED) is 0.421. The Morgan fingerprint density at radius 2 is 2.00 bits per heavy atom. The number of rotatable bonds is 10. The number of hydrogen-bond donors (Lipinski definition) is 1. The van der Waals surface area contributed by atoms with E-state index < -0.39 is 5.97 Å². The number of carbonyl (C=O) groups is 1. The standard InChI is InChI=1S/C25H26ClNO4/c1-17-15-21(9-6-19(17)7-11-25(28)29)30-14-12-18(2)31-24-10-8-20(26)16-22(24)23-5-3-4-13-27-23/h3-6,8-10,13,15-16,18H,7,11-12,14H2,1-2H3,(H,28,29)/t18-/m0/s1. The summed E-state index contributed by atoms with van der Waals surface area (Å²) in [4.78, 5) is 15.2. The molecule has 0 aliphatic rings. The minimum atomic E-state index is -0.791. The van der Waals surface area contributed by atoms with Gasteiger partial charge in [0.05, 0.1) is 18.4 Å². The predicted molar refractivity (Wildman–Crippen MR) is 122 cm³/mol. The number of hydrogen-bond acceptors (Lipinski definition) is 4. The number of aryl methyl sites for hydroxylation is 2. The van der Waals surface area contributed by atoms with Crippen molar-refractivity contribution in [1.29, 1.82) is 0 Å². The summed E-state index contributed by atoms with van der Waals surface area (Å²) in [5, 5.41) is 9.47. The summed E-state index contributed by atoms with van der Waals surface area (Å²) in [7, 11) is 0. The highest BCUT2D eigenvalue weighted by Crippen LogP contribution is 2.32. The lowest BCUT2D eigenvalue weighted by Crippen LogP contribution is -2.16. The molecular formula is C25H26ClNO4. The van der Waals surface area contributed by atoms with Crippen LogP contribution in [-0.2, 0) is 11.2 Å². The fraction of sp³-hybridized carbons (Fsp3) is 0.280. The van der Waals surface area contributed by atoms with Crippen LogP contribution in [0.3, 0.4) is 0 Å². The predicted octanol–water partition coefficient (Wildman–Crippen LogP) is 5.96. The number of halogens is 1. The number of ether oxygens (including phenoxy) is 2. The smallest absolute Gasteiger partial charge is 0.303 e. The molecule has 1 N–H and O–H groups in total. The van der Waals surface area contributed by atoms with Crippen LogP contribution in [0.5, 0.6) is 11.5 Å². The summed E-state index contributed by atoms with van der Waals surface area (Å²) in [6.07, 6.45) is 3.02. The average molecular weight is 440 g/mol. The highest BCUT2D eigenvalue weighted by Gasteiger charge is 2.12. The van der Waals surface area contributed by atoms with Crippen LogP contribution in [0, 0.1) is 6.92 Å². The lowest BCUT2D eigenvalue weighted by molar-refractivity contribution is -0.136. The van der Waals surface area contributed by atoms with Gasteiger partial charge in [0.1, 0.15) is 11.5 Å². The van der Waals surface area contributed by atoms with Crippen LogP contribution >= 0.6 is 11.6 Å². The summed E-state index contributed by atoms with van der Waals surface area (Å²) in [5.41, 5.74) is 3.72. The van der Waals surface area contributed by atoms with Gasteiger partial charge in [-0.1, -0.05) is 23.7 Å². The topological polar surface area (TPSA) is 68.7 Å². The van der Waals surface area contributed by atoms with Crippen LogP contribution in [0.25, 0.3) is 11.3 Å². The molecule has 0 fully saturated rings. The largest absolute Gasteiger partial charge is 0.493 e. The molecule has 0 saturated carbocycles. The minimum Gasteiger partial charge on any atom is -0.493 e. The van der Waals surface area contributed by atoms with Gasteiger partial charge in [0.25, 0.3) is 0 Å². The number of carboxylic acids is 1. The Labute approximate surface area is 187 Å². The number of aliphatic carboxylic acids is 1. The van der Waals surface area contributed by atoms with Crippen molar-refractivity contribution in [2.24, 2.45) is 0 Å². The monoisotopic (exact) mass is 439 g/mol. The molecule has 2 aromatic carbocycles. The van der Waals surface area contributed by atoms with Crippen LogP contribution in [0.4, 0.5) is 0 Å². The fourth-order valence-electron chi connectivity index (χ4n) is 3.23. The molecule has 162 valence electrons. The Kier molecular flexibility index (Phi) is 7.90. The fourth-order valence-corrected chi connectivity index (χ4v) is 3.40. The van der Waals surface area contributed by atoms with Crippen molar-refractivity contribution in [3.05, 3.63) is 76.9 Å². The number of aromatic nitrogens is 1. The molecule has 0 aliphatic heterocycles. The van der Waals surface area contributed by atoms with Crippen LogP contribution in [0.2, 0.25) is 5.02 Å². The molecule has 0 aliphatic carbocycles. The van der Waals surface area contributed by atoms with Crippen molar-refractivity contribution in [2.45, 2.75) is 39.2 Å². The first-order chi connectivity index (χ1) is 14.9. The summed E-state index contributed by atoms with van der Waals surface area (Å²) in [6, 6.07) is 17.0. The maximum atomic E-state index is 10.8. The third-order valence-corrected chi connectivity index (χ3v) is 5.16. The van der Waals surface area contributed by atoms with Crippen LogP contribution in [-0.4, -0.2) is 28.8 Å². The van der Waals surface area contributed by atoms with Crippen molar-refractivity contribution >= 4 is 17.6 Å². The second kappa shape index (κ2) is 10.8. The summed E-state index contributed by atoms with van der Waals surface area (Å²) in [6.45, 7) is 4.47. The Bertz CT molecular complexity index is 1020. The van der Waals surface area contributed by atoms with E-state index in [0.717, 1.165) is 33.9 Å². The van der Waals surface area contributed by atoms with Crippen molar-refractivity contribution in [1.82, 2.24) is 4.98 Å². The molecule has 0 saturated heterocycles. The Morgan fingerprint density at radius 3 is 2.71 bits per heavy atom. The highest BCUT2D eigenvalue weighted by atomic mass is 35.5. The van der Waals surface area contributed by atoms with E-state index in [4.69, 9.17) is 26.2 Å². The zero-order chi connectivity index (χ0) is 22.2. The van der Waals surface area contributed by atoms with Crippen LogP contribution < -0.4 is 9.47 Å². The van der Waals surface area contributed by atoms with Gasteiger partial charge in [-0.25, -0.2) is 0 Å². The molecule has 3 rings (SSSR count). The zero-order valence-corrected chi connectivity index (χ0v) is 18.4. The van der Waals surface area contributed by atoms with Gasteiger partial charge in [0.15, 0.2) is 0 Å². The first kappa shape index (κ1) is 22.6. The maximum Gasteiger partial charge on any atom is 0.303 e. The first-order valence-electron chi connectivity index (χ1n) is 10.2. The van der Waals surface area contributed by atoms with Crippen LogP contribution in [0.15, 0.2) is 60.8 Å². The van der Waals surface area contributed by atoms with E-state index in [1.807, 2.05) is 62.4 Å². The average Bonchev–Trinajstić information content (AvgIpc) is 2.75. The van der Waals surface area contributed by atoms with Crippen LogP contribution in [0.1, 0.15) is 30.9 Å². The summed E-state index contributed by atoms with van der Waals surface area (Å²) >= 11 is 6.18. The maximum absolute atomic E-state index is 10.8. The number of nitrogens with zero attached hydrogens (tertiary/aromatic N) is 1. The molecule has 0 radical (unpaired) electrons. The number of benzene rings is 2. The Hall–Kier alpha value is -3.05. The van der Waals surface area contributed by atoms with Gasteiger partial charge < -0.3 is 14.6 Å². The van der Waals surface area contributed by atoms with Gasteiger partial charge in [-0.3, -0.25) is 9.78 Å². The molecule has 6 heteroatoms. The first-order valence-corrected chi connectivity index (χ1v) is 10.6.